The number of halogens is 1. The average Bonchev–Trinajstić information content (AvgIpc) is 2.69. The molecule has 2 aromatic carbocycles. The molecule has 2 aromatic rings. The largest absolute Gasteiger partial charge is 0.490 e. The summed E-state index contributed by atoms with van der Waals surface area (Å²) >= 11 is 5.84. The molecule has 0 aliphatic rings. The Kier molecular flexibility index (Phi) is 8.38. The van der Waals surface area contributed by atoms with Crippen LogP contribution in [0.5, 0.6) is 11.5 Å². The van der Waals surface area contributed by atoms with E-state index >= 15 is 0 Å². The predicted octanol–water partition coefficient (Wildman–Crippen LogP) is 5.46. The number of nitrogens with one attached hydrogen (secondary N) is 1. The van der Waals surface area contributed by atoms with Crippen LogP contribution in [0.25, 0.3) is 6.08 Å². The number of carbonyl (C=O) groups is 1. The minimum atomic E-state index is -0.494. The Bertz CT molecular complexity index is 870. The van der Waals surface area contributed by atoms with Crippen molar-refractivity contribution in [1.82, 2.24) is 0 Å². The van der Waals surface area contributed by atoms with Crippen LogP contribution in [0.4, 0.5) is 5.69 Å². The molecule has 0 spiro atoms. The minimum Gasteiger partial charge on any atom is -0.490 e. The van der Waals surface area contributed by atoms with Crippen LogP contribution in [0.15, 0.2) is 48.0 Å². The normalized spacial score (nSPS) is 10.9. The summed E-state index contributed by atoms with van der Waals surface area (Å²) < 4.78 is 11.4. The van der Waals surface area contributed by atoms with Gasteiger partial charge in [0.05, 0.1) is 13.2 Å². The number of unbranched alkanes of at least 4 members (excludes halogenated alkanes) is 1. The molecular formula is C22H23ClN2O3. The number of anilines is 1. The van der Waals surface area contributed by atoms with Crippen LogP contribution in [-0.4, -0.2) is 19.1 Å². The molecule has 0 bridgehead atoms. The lowest BCUT2D eigenvalue weighted by molar-refractivity contribution is -0.112. The summed E-state index contributed by atoms with van der Waals surface area (Å²) in [5.41, 5.74) is 1.22. The number of hydrogen-bond acceptors (Lipinski definition) is 4. The summed E-state index contributed by atoms with van der Waals surface area (Å²) in [5, 5.41) is 12.6. The van der Waals surface area contributed by atoms with Crippen molar-refractivity contribution >= 4 is 29.3 Å². The van der Waals surface area contributed by atoms with Crippen molar-refractivity contribution < 1.29 is 14.3 Å². The maximum atomic E-state index is 12.4. The maximum absolute atomic E-state index is 12.4. The van der Waals surface area contributed by atoms with Crippen LogP contribution < -0.4 is 14.8 Å². The maximum Gasteiger partial charge on any atom is 0.266 e. The lowest BCUT2D eigenvalue weighted by atomic mass is 10.1. The molecule has 0 radical (unpaired) electrons. The summed E-state index contributed by atoms with van der Waals surface area (Å²) in [6.07, 6.45) is 3.51. The number of hydrogen-bond donors (Lipinski definition) is 1. The van der Waals surface area contributed by atoms with Gasteiger partial charge in [-0.3, -0.25) is 4.79 Å². The Morgan fingerprint density at radius 2 is 1.89 bits per heavy atom. The van der Waals surface area contributed by atoms with Crippen molar-refractivity contribution in [1.29, 1.82) is 5.26 Å². The van der Waals surface area contributed by atoms with Gasteiger partial charge in [0.2, 0.25) is 0 Å². The zero-order valence-corrected chi connectivity index (χ0v) is 16.8. The van der Waals surface area contributed by atoms with Gasteiger partial charge in [-0.15, -0.1) is 0 Å². The summed E-state index contributed by atoms with van der Waals surface area (Å²) in [4.78, 5) is 12.4. The molecule has 0 saturated carbocycles. The van der Waals surface area contributed by atoms with Crippen molar-refractivity contribution in [3.63, 3.8) is 0 Å². The number of rotatable bonds is 9. The van der Waals surface area contributed by atoms with Gasteiger partial charge < -0.3 is 14.8 Å². The van der Waals surface area contributed by atoms with Crippen LogP contribution >= 0.6 is 11.6 Å². The summed E-state index contributed by atoms with van der Waals surface area (Å²) in [7, 11) is 0. The van der Waals surface area contributed by atoms with E-state index in [0.717, 1.165) is 12.8 Å². The molecule has 0 fully saturated rings. The monoisotopic (exact) mass is 398 g/mol. The fourth-order valence-corrected chi connectivity index (χ4v) is 2.50. The van der Waals surface area contributed by atoms with Crippen molar-refractivity contribution in [2.45, 2.75) is 26.7 Å². The molecule has 146 valence electrons. The Balaban J connectivity index is 2.19. The van der Waals surface area contributed by atoms with Gasteiger partial charge in [0, 0.05) is 10.7 Å². The molecule has 1 N–H and O–H groups in total. The van der Waals surface area contributed by atoms with Crippen LogP contribution in [0.2, 0.25) is 5.02 Å². The highest BCUT2D eigenvalue weighted by Gasteiger charge is 2.11. The Labute approximate surface area is 170 Å². The number of amides is 1. The molecule has 28 heavy (non-hydrogen) atoms. The first-order valence-electron chi connectivity index (χ1n) is 9.15. The minimum absolute atomic E-state index is 0.0166. The first-order valence-corrected chi connectivity index (χ1v) is 9.53. The molecule has 0 heterocycles. The third kappa shape index (κ3) is 6.33. The van der Waals surface area contributed by atoms with Crippen molar-refractivity contribution in [3.05, 3.63) is 58.6 Å². The predicted molar refractivity (Wildman–Crippen MR) is 112 cm³/mol. The summed E-state index contributed by atoms with van der Waals surface area (Å²) in [6, 6.07) is 14.0. The van der Waals surface area contributed by atoms with Gasteiger partial charge >= 0.3 is 0 Å². The van der Waals surface area contributed by atoms with E-state index in [4.69, 9.17) is 21.1 Å². The second kappa shape index (κ2) is 11.0. The second-order valence-corrected chi connectivity index (χ2v) is 6.41. The van der Waals surface area contributed by atoms with Crippen LogP contribution in [-0.2, 0) is 4.79 Å². The molecule has 0 aromatic heterocycles. The highest BCUT2D eigenvalue weighted by atomic mass is 35.5. The van der Waals surface area contributed by atoms with E-state index in [0.29, 0.717) is 41.0 Å². The zero-order chi connectivity index (χ0) is 20.4. The van der Waals surface area contributed by atoms with E-state index in [1.807, 2.05) is 13.0 Å². The zero-order valence-electron chi connectivity index (χ0n) is 16.0. The molecule has 0 saturated heterocycles. The van der Waals surface area contributed by atoms with Crippen molar-refractivity contribution in [2.24, 2.45) is 0 Å². The first kappa shape index (κ1) is 21.3. The smallest absolute Gasteiger partial charge is 0.266 e. The molecule has 5 nitrogen and oxygen atoms in total. The quantitative estimate of drug-likeness (QED) is 0.345. The van der Waals surface area contributed by atoms with Crippen LogP contribution in [0, 0.1) is 11.3 Å². The number of nitrogens with zero attached hydrogens (tertiary/aromatic N) is 1. The highest BCUT2D eigenvalue weighted by Crippen LogP contribution is 2.29. The van der Waals surface area contributed by atoms with Gasteiger partial charge in [0.15, 0.2) is 11.5 Å². The highest BCUT2D eigenvalue weighted by molar-refractivity contribution is 6.30. The molecule has 2 rings (SSSR count). The fraction of sp³-hybridized carbons (Fsp3) is 0.273. The summed E-state index contributed by atoms with van der Waals surface area (Å²) in [6.45, 7) is 5.08. The number of benzene rings is 2. The summed E-state index contributed by atoms with van der Waals surface area (Å²) in [5.74, 6) is 0.741. The van der Waals surface area contributed by atoms with Crippen molar-refractivity contribution in [2.75, 3.05) is 18.5 Å². The number of nitriles is 1. The molecule has 6 heteroatoms. The molecule has 0 aliphatic heterocycles. The molecule has 0 unspecified atom stereocenters. The molecular weight excluding hydrogens is 376 g/mol. The molecule has 1 amide bonds. The second-order valence-electron chi connectivity index (χ2n) is 5.97. The van der Waals surface area contributed by atoms with E-state index in [1.165, 1.54) is 6.08 Å². The van der Waals surface area contributed by atoms with E-state index in [2.05, 4.69) is 12.2 Å². The topological polar surface area (TPSA) is 71.3 Å². The van der Waals surface area contributed by atoms with Gasteiger partial charge in [0.25, 0.3) is 5.91 Å². The Hall–Kier alpha value is -2.97. The van der Waals surface area contributed by atoms with E-state index in [1.54, 1.807) is 42.5 Å². The SMILES string of the molecule is CCCCOc1ccc(C=C(C#N)C(=O)Nc2ccc(Cl)cc2)cc1OCC. The van der Waals surface area contributed by atoms with E-state index < -0.39 is 5.91 Å². The van der Waals surface area contributed by atoms with Gasteiger partial charge in [-0.05, 0) is 61.4 Å². The lowest BCUT2D eigenvalue weighted by Gasteiger charge is -2.12. The van der Waals surface area contributed by atoms with E-state index in [-0.39, 0.29) is 5.57 Å². The van der Waals surface area contributed by atoms with E-state index in [9.17, 15) is 10.1 Å². The first-order chi connectivity index (χ1) is 13.6. The average molecular weight is 399 g/mol. The van der Waals surface area contributed by atoms with Gasteiger partial charge in [-0.2, -0.15) is 5.26 Å². The standard InChI is InChI=1S/C22H23ClN2O3/c1-3-5-12-28-20-11-6-16(14-21(20)27-4-2)13-17(15-24)22(26)25-19-9-7-18(23)8-10-19/h6-11,13-14H,3-5,12H2,1-2H3,(H,25,26). The number of ether oxygens (including phenoxy) is 2. The van der Waals surface area contributed by atoms with Crippen molar-refractivity contribution in [3.8, 4) is 17.6 Å². The lowest BCUT2D eigenvalue weighted by Crippen LogP contribution is -2.13. The number of carbonyl (C=O) groups excluding carboxylic acids is 1. The van der Waals surface area contributed by atoms with Crippen LogP contribution in [0.1, 0.15) is 32.3 Å². The Morgan fingerprint density at radius 3 is 2.54 bits per heavy atom. The molecule has 0 atom stereocenters. The Morgan fingerprint density at radius 1 is 1.14 bits per heavy atom. The van der Waals surface area contributed by atoms with Crippen LogP contribution in [0.3, 0.4) is 0 Å². The third-order valence-corrected chi connectivity index (χ3v) is 4.05. The third-order valence-electron chi connectivity index (χ3n) is 3.80. The molecule has 0 aliphatic carbocycles. The van der Waals surface area contributed by atoms with Gasteiger partial charge in [0.1, 0.15) is 11.6 Å². The fourth-order valence-electron chi connectivity index (χ4n) is 2.38. The van der Waals surface area contributed by atoms with Gasteiger partial charge in [-0.1, -0.05) is 31.0 Å². The van der Waals surface area contributed by atoms with Gasteiger partial charge in [-0.25, -0.2) is 0 Å².